The minimum atomic E-state index is -0.281. The highest BCUT2D eigenvalue weighted by atomic mass is 16.2. The molecule has 1 fully saturated rings. The largest absolute Gasteiger partial charge is 0.355 e. The monoisotopic (exact) mass is 342 g/mol. The Labute approximate surface area is 145 Å². The number of H-pyrrole nitrogens is 1. The Balaban J connectivity index is 1.71. The smallest absolute Gasteiger partial charge is 0.254 e. The third-order valence-electron chi connectivity index (χ3n) is 4.38. The lowest BCUT2D eigenvalue weighted by atomic mass is 10.1. The summed E-state index contributed by atoms with van der Waals surface area (Å²) in [6.07, 6.45) is 0. The number of carbonyl (C=O) groups excluding carboxylic acids is 2. The van der Waals surface area contributed by atoms with Gasteiger partial charge in [0, 0.05) is 49.7 Å². The van der Waals surface area contributed by atoms with Gasteiger partial charge >= 0.3 is 0 Å². The molecule has 0 radical (unpaired) electrons. The molecule has 2 N–H and O–H groups in total. The fourth-order valence-electron chi connectivity index (χ4n) is 3.12. The first-order valence-electron chi connectivity index (χ1n) is 8.49. The van der Waals surface area contributed by atoms with Crippen molar-refractivity contribution in [2.75, 3.05) is 39.3 Å². The van der Waals surface area contributed by atoms with Gasteiger partial charge in [-0.3, -0.25) is 19.3 Å². The van der Waals surface area contributed by atoms with Crippen LogP contribution < -0.4 is 10.9 Å². The van der Waals surface area contributed by atoms with E-state index in [0.29, 0.717) is 50.3 Å². The molecule has 1 aromatic heterocycles. The van der Waals surface area contributed by atoms with Crippen LogP contribution in [0, 0.1) is 0 Å². The van der Waals surface area contributed by atoms with Crippen molar-refractivity contribution in [3.63, 3.8) is 0 Å². The summed E-state index contributed by atoms with van der Waals surface area (Å²) in [6.45, 7) is 5.23. The molecule has 1 aliphatic rings. The summed E-state index contributed by atoms with van der Waals surface area (Å²) in [4.78, 5) is 42.9. The van der Waals surface area contributed by atoms with Crippen LogP contribution in [0.4, 0.5) is 0 Å². The number of fused-ring (bicyclic) bond motifs is 1. The number of aromatic amines is 1. The number of likely N-dealkylation sites (N-methyl/N-ethyl adjacent to an activating group) is 1. The summed E-state index contributed by atoms with van der Waals surface area (Å²) < 4.78 is 0. The molecule has 7 nitrogen and oxygen atoms in total. The van der Waals surface area contributed by atoms with Crippen molar-refractivity contribution in [3.05, 3.63) is 46.2 Å². The number of hydrogen-bond acceptors (Lipinski definition) is 4. The van der Waals surface area contributed by atoms with E-state index < -0.39 is 0 Å². The summed E-state index contributed by atoms with van der Waals surface area (Å²) >= 11 is 0. The molecule has 0 spiro atoms. The van der Waals surface area contributed by atoms with Gasteiger partial charge in [0.2, 0.25) is 11.5 Å². The van der Waals surface area contributed by atoms with Crippen molar-refractivity contribution in [3.8, 4) is 0 Å². The molecule has 0 bridgehead atoms. The average Bonchev–Trinajstić information content (AvgIpc) is 2.61. The van der Waals surface area contributed by atoms with Gasteiger partial charge in [0.25, 0.3) is 5.91 Å². The minimum absolute atomic E-state index is 0.00265. The molecule has 2 heterocycles. The number of pyridine rings is 1. The van der Waals surface area contributed by atoms with E-state index in [1.807, 2.05) is 30.0 Å². The second-order valence-electron chi connectivity index (χ2n) is 6.11. The van der Waals surface area contributed by atoms with E-state index in [9.17, 15) is 14.4 Å². The maximum atomic E-state index is 12.9. The predicted octanol–water partition coefficient (Wildman–Crippen LogP) is 0.422. The molecular formula is C18H22N4O3. The first-order valence-corrected chi connectivity index (χ1v) is 8.49. The van der Waals surface area contributed by atoms with Crippen molar-refractivity contribution < 1.29 is 9.59 Å². The molecule has 3 rings (SSSR count). The van der Waals surface area contributed by atoms with Gasteiger partial charge in [0.05, 0.1) is 12.1 Å². The van der Waals surface area contributed by atoms with Crippen molar-refractivity contribution in [2.45, 2.75) is 6.92 Å². The maximum Gasteiger partial charge on any atom is 0.254 e. The molecule has 0 unspecified atom stereocenters. The van der Waals surface area contributed by atoms with Crippen LogP contribution in [0.2, 0.25) is 0 Å². The van der Waals surface area contributed by atoms with E-state index in [2.05, 4.69) is 10.3 Å². The van der Waals surface area contributed by atoms with Gasteiger partial charge in [-0.25, -0.2) is 0 Å². The number of aromatic nitrogens is 1. The van der Waals surface area contributed by atoms with Crippen LogP contribution in [-0.4, -0.2) is 65.9 Å². The van der Waals surface area contributed by atoms with Gasteiger partial charge in [0.15, 0.2) is 0 Å². The predicted molar refractivity (Wildman–Crippen MR) is 95.6 cm³/mol. The van der Waals surface area contributed by atoms with Gasteiger partial charge in [-0.05, 0) is 13.0 Å². The fourth-order valence-corrected chi connectivity index (χ4v) is 3.12. The first kappa shape index (κ1) is 17.2. The third-order valence-corrected chi connectivity index (χ3v) is 4.38. The summed E-state index contributed by atoms with van der Waals surface area (Å²) in [5.41, 5.74) is 0.807. The molecule has 1 aromatic carbocycles. The van der Waals surface area contributed by atoms with Crippen LogP contribution in [0.15, 0.2) is 35.1 Å². The lowest BCUT2D eigenvalue weighted by Gasteiger charge is -2.34. The standard InChI is InChI=1S/C18H22N4O3/c1-2-19-17(24)12-21-7-9-22(10-8-21)18(25)14-11-16(23)20-15-6-4-3-5-13(14)15/h3-6,11H,2,7-10,12H2,1H3,(H,19,24)(H,20,23). The molecule has 7 heteroatoms. The summed E-state index contributed by atoms with van der Waals surface area (Å²) in [6, 6.07) is 8.67. The second-order valence-corrected chi connectivity index (χ2v) is 6.11. The van der Waals surface area contributed by atoms with Gasteiger partial charge in [-0.1, -0.05) is 18.2 Å². The Morgan fingerprint density at radius 3 is 2.60 bits per heavy atom. The summed E-state index contributed by atoms with van der Waals surface area (Å²) in [5, 5.41) is 3.53. The number of rotatable bonds is 4. The fraction of sp³-hybridized carbons (Fsp3) is 0.389. The van der Waals surface area contributed by atoms with Crippen molar-refractivity contribution in [1.82, 2.24) is 20.1 Å². The summed E-state index contributed by atoms with van der Waals surface area (Å²) in [5.74, 6) is -0.136. The number of piperazine rings is 1. The lowest BCUT2D eigenvalue weighted by molar-refractivity contribution is -0.122. The highest BCUT2D eigenvalue weighted by Gasteiger charge is 2.24. The Kier molecular flexibility index (Phi) is 5.14. The number of hydrogen-bond donors (Lipinski definition) is 2. The topological polar surface area (TPSA) is 85.5 Å². The van der Waals surface area contributed by atoms with Crippen LogP contribution in [0.5, 0.6) is 0 Å². The third kappa shape index (κ3) is 3.88. The van der Waals surface area contributed by atoms with Crippen molar-refractivity contribution >= 4 is 22.7 Å². The Morgan fingerprint density at radius 2 is 1.88 bits per heavy atom. The van der Waals surface area contributed by atoms with E-state index in [0.717, 1.165) is 5.39 Å². The van der Waals surface area contributed by atoms with E-state index in [1.54, 1.807) is 11.0 Å². The Bertz CT molecular complexity index is 838. The van der Waals surface area contributed by atoms with Gasteiger partial charge < -0.3 is 15.2 Å². The van der Waals surface area contributed by atoms with Gasteiger partial charge in [-0.2, -0.15) is 0 Å². The Hall–Kier alpha value is -2.67. The number of amides is 2. The van der Waals surface area contributed by atoms with Crippen LogP contribution >= 0.6 is 0 Å². The van der Waals surface area contributed by atoms with Gasteiger partial charge in [-0.15, -0.1) is 0 Å². The highest BCUT2D eigenvalue weighted by molar-refractivity contribution is 6.06. The molecule has 0 aliphatic carbocycles. The van der Waals surface area contributed by atoms with Crippen LogP contribution in [-0.2, 0) is 4.79 Å². The number of benzene rings is 1. The molecule has 0 atom stereocenters. The number of para-hydroxylation sites is 1. The molecular weight excluding hydrogens is 320 g/mol. The maximum absolute atomic E-state index is 12.9. The molecule has 132 valence electrons. The molecule has 2 amide bonds. The van der Waals surface area contributed by atoms with Crippen LogP contribution in [0.1, 0.15) is 17.3 Å². The molecule has 0 saturated carbocycles. The zero-order valence-corrected chi connectivity index (χ0v) is 14.2. The van der Waals surface area contributed by atoms with E-state index in [-0.39, 0.29) is 17.4 Å². The Morgan fingerprint density at radius 1 is 1.16 bits per heavy atom. The minimum Gasteiger partial charge on any atom is -0.355 e. The molecule has 1 saturated heterocycles. The molecule has 2 aromatic rings. The second kappa shape index (κ2) is 7.48. The van der Waals surface area contributed by atoms with E-state index in [1.165, 1.54) is 6.07 Å². The quantitative estimate of drug-likeness (QED) is 0.843. The summed E-state index contributed by atoms with van der Waals surface area (Å²) in [7, 11) is 0. The highest BCUT2D eigenvalue weighted by Crippen LogP contribution is 2.17. The van der Waals surface area contributed by atoms with Crippen LogP contribution in [0.25, 0.3) is 10.9 Å². The number of nitrogens with one attached hydrogen (secondary N) is 2. The SMILES string of the molecule is CCNC(=O)CN1CCN(C(=O)c2cc(=O)[nH]c3ccccc23)CC1. The first-order chi connectivity index (χ1) is 12.1. The van der Waals surface area contributed by atoms with Crippen molar-refractivity contribution in [1.29, 1.82) is 0 Å². The lowest BCUT2D eigenvalue weighted by Crippen LogP contribution is -2.51. The number of nitrogens with zero attached hydrogens (tertiary/aromatic N) is 2. The average molecular weight is 342 g/mol. The van der Waals surface area contributed by atoms with Crippen molar-refractivity contribution in [2.24, 2.45) is 0 Å². The van der Waals surface area contributed by atoms with Crippen LogP contribution in [0.3, 0.4) is 0 Å². The normalized spacial score (nSPS) is 15.3. The van der Waals surface area contributed by atoms with Gasteiger partial charge in [0.1, 0.15) is 0 Å². The van der Waals surface area contributed by atoms with E-state index in [4.69, 9.17) is 0 Å². The zero-order chi connectivity index (χ0) is 17.8. The molecule has 25 heavy (non-hydrogen) atoms. The molecule has 1 aliphatic heterocycles. The van der Waals surface area contributed by atoms with E-state index >= 15 is 0 Å². The number of carbonyl (C=O) groups is 2. The zero-order valence-electron chi connectivity index (χ0n) is 14.2.